The normalized spacial score (nSPS) is 14.1. The fourth-order valence-electron chi connectivity index (χ4n) is 3.81. The minimum Gasteiger partial charge on any atom is -0.468 e. The van der Waals surface area contributed by atoms with Crippen LogP contribution in [0.4, 0.5) is 5.69 Å². The summed E-state index contributed by atoms with van der Waals surface area (Å²) in [5.74, 6) is -0.663. The molecule has 1 aliphatic rings. The number of amides is 2. The Labute approximate surface area is 200 Å². The summed E-state index contributed by atoms with van der Waals surface area (Å²) in [7, 11) is 1.36. The van der Waals surface area contributed by atoms with Crippen LogP contribution in [-0.2, 0) is 9.53 Å². The molecule has 0 bridgehead atoms. The molecule has 0 atom stereocenters. The number of fused-ring (bicyclic) bond motifs is 1. The molecule has 172 valence electrons. The fourth-order valence-corrected chi connectivity index (χ4v) is 5.75. The van der Waals surface area contributed by atoms with Crippen LogP contribution in [0.5, 0.6) is 0 Å². The van der Waals surface area contributed by atoms with Crippen LogP contribution in [-0.4, -0.2) is 41.7 Å². The van der Waals surface area contributed by atoms with Crippen molar-refractivity contribution in [3.8, 4) is 0 Å². The largest absolute Gasteiger partial charge is 0.468 e. The Bertz CT molecular complexity index is 1170. The summed E-state index contributed by atoms with van der Waals surface area (Å²) in [6, 6.07) is 12.5. The lowest BCUT2D eigenvalue weighted by atomic mass is 9.95. The van der Waals surface area contributed by atoms with Gasteiger partial charge in [-0.3, -0.25) is 14.4 Å². The third-order valence-electron chi connectivity index (χ3n) is 5.52. The van der Waals surface area contributed by atoms with Crippen LogP contribution in [0.25, 0.3) is 10.2 Å². The van der Waals surface area contributed by atoms with Crippen LogP contribution in [0.2, 0.25) is 0 Å². The van der Waals surface area contributed by atoms with Crippen molar-refractivity contribution >= 4 is 56.8 Å². The molecule has 1 aliphatic carbocycles. The first-order chi connectivity index (χ1) is 16.0. The summed E-state index contributed by atoms with van der Waals surface area (Å²) in [5, 5.41) is 5.98. The van der Waals surface area contributed by atoms with Gasteiger partial charge in [0, 0.05) is 11.7 Å². The van der Waals surface area contributed by atoms with Gasteiger partial charge in [-0.2, -0.15) is 0 Å². The highest BCUT2D eigenvalue weighted by Crippen LogP contribution is 2.31. The molecule has 3 aromatic rings. The Morgan fingerprint density at radius 1 is 1.06 bits per heavy atom. The number of aromatic nitrogens is 1. The van der Waals surface area contributed by atoms with E-state index in [1.165, 1.54) is 36.6 Å². The molecule has 1 heterocycles. The van der Waals surface area contributed by atoms with Gasteiger partial charge in [0.15, 0.2) is 4.34 Å². The molecule has 0 radical (unpaired) electrons. The summed E-state index contributed by atoms with van der Waals surface area (Å²) in [6.07, 6.45) is 5.41. The molecule has 33 heavy (non-hydrogen) atoms. The SMILES string of the molecule is COC(=O)CSc1nc2ccc(NC(=O)c3ccccc3C(=O)NC3CCCCC3)cc2s1. The van der Waals surface area contributed by atoms with Crippen LogP contribution in [0.15, 0.2) is 46.8 Å². The molecule has 1 saturated carbocycles. The van der Waals surface area contributed by atoms with Gasteiger partial charge < -0.3 is 15.4 Å². The molecule has 1 aromatic heterocycles. The summed E-state index contributed by atoms with van der Waals surface area (Å²) in [4.78, 5) is 41.7. The maximum absolute atomic E-state index is 13.0. The van der Waals surface area contributed by atoms with Gasteiger partial charge in [0.05, 0.1) is 34.2 Å². The van der Waals surface area contributed by atoms with E-state index in [0.717, 1.165) is 40.2 Å². The van der Waals surface area contributed by atoms with Crippen LogP contribution < -0.4 is 10.6 Å². The lowest BCUT2D eigenvalue weighted by Crippen LogP contribution is -2.37. The van der Waals surface area contributed by atoms with E-state index in [2.05, 4.69) is 20.4 Å². The van der Waals surface area contributed by atoms with E-state index in [1.54, 1.807) is 30.3 Å². The number of thioether (sulfide) groups is 1. The number of hydrogen-bond acceptors (Lipinski definition) is 7. The Morgan fingerprint density at radius 2 is 1.79 bits per heavy atom. The van der Waals surface area contributed by atoms with Gasteiger partial charge in [-0.05, 0) is 43.2 Å². The van der Waals surface area contributed by atoms with E-state index in [-0.39, 0.29) is 29.6 Å². The van der Waals surface area contributed by atoms with Crippen LogP contribution in [0.3, 0.4) is 0 Å². The van der Waals surface area contributed by atoms with Gasteiger partial charge in [-0.25, -0.2) is 4.98 Å². The monoisotopic (exact) mass is 483 g/mol. The van der Waals surface area contributed by atoms with Crippen LogP contribution >= 0.6 is 23.1 Å². The summed E-state index contributed by atoms with van der Waals surface area (Å²) >= 11 is 2.76. The summed E-state index contributed by atoms with van der Waals surface area (Å²) < 4.78 is 6.31. The van der Waals surface area contributed by atoms with Crippen molar-refractivity contribution in [2.75, 3.05) is 18.2 Å². The molecule has 2 aromatic carbocycles. The summed E-state index contributed by atoms with van der Waals surface area (Å²) in [6.45, 7) is 0. The number of anilines is 1. The molecule has 1 fully saturated rings. The van der Waals surface area contributed by atoms with Gasteiger partial charge in [-0.1, -0.05) is 43.2 Å². The van der Waals surface area contributed by atoms with Crippen molar-refractivity contribution in [3.05, 3.63) is 53.6 Å². The quantitative estimate of drug-likeness (QED) is 0.367. The predicted octanol–water partition coefficient (Wildman–Crippen LogP) is 4.88. The van der Waals surface area contributed by atoms with E-state index in [9.17, 15) is 14.4 Å². The number of hydrogen-bond donors (Lipinski definition) is 2. The van der Waals surface area contributed by atoms with Crippen molar-refractivity contribution in [2.45, 2.75) is 42.5 Å². The highest BCUT2D eigenvalue weighted by Gasteiger charge is 2.21. The molecular formula is C24H25N3O4S2. The van der Waals surface area contributed by atoms with Gasteiger partial charge >= 0.3 is 5.97 Å². The number of benzene rings is 2. The lowest BCUT2D eigenvalue weighted by Gasteiger charge is -2.23. The number of thiazole rings is 1. The van der Waals surface area contributed by atoms with Crippen LogP contribution in [0, 0.1) is 0 Å². The molecule has 0 aliphatic heterocycles. The first kappa shape index (κ1) is 23.3. The molecule has 0 saturated heterocycles. The van der Waals surface area contributed by atoms with Gasteiger partial charge in [0.1, 0.15) is 0 Å². The summed E-state index contributed by atoms with van der Waals surface area (Å²) in [5.41, 5.74) is 2.12. The Hall–Kier alpha value is -2.91. The van der Waals surface area contributed by atoms with E-state index >= 15 is 0 Å². The number of ether oxygens (including phenoxy) is 1. The highest BCUT2D eigenvalue weighted by molar-refractivity contribution is 8.01. The molecule has 9 heteroatoms. The number of methoxy groups -OCH3 is 1. The zero-order chi connectivity index (χ0) is 23.2. The average molecular weight is 484 g/mol. The van der Waals surface area contributed by atoms with E-state index in [4.69, 9.17) is 0 Å². The van der Waals surface area contributed by atoms with Crippen LogP contribution in [0.1, 0.15) is 52.8 Å². The zero-order valence-corrected chi connectivity index (χ0v) is 19.9. The number of carbonyl (C=O) groups is 3. The topological polar surface area (TPSA) is 97.4 Å². The molecule has 4 rings (SSSR count). The predicted molar refractivity (Wildman–Crippen MR) is 131 cm³/mol. The van der Waals surface area contributed by atoms with E-state index in [0.29, 0.717) is 16.8 Å². The number of esters is 1. The lowest BCUT2D eigenvalue weighted by molar-refractivity contribution is -0.137. The number of carbonyl (C=O) groups excluding carboxylic acids is 3. The molecule has 2 N–H and O–H groups in total. The van der Waals surface area contributed by atoms with Crippen molar-refractivity contribution < 1.29 is 19.1 Å². The van der Waals surface area contributed by atoms with Crippen molar-refractivity contribution in [3.63, 3.8) is 0 Å². The second-order valence-corrected chi connectivity index (χ2v) is 10.1. The Kier molecular flexibility index (Phi) is 7.61. The first-order valence-corrected chi connectivity index (χ1v) is 12.6. The average Bonchev–Trinajstić information content (AvgIpc) is 3.25. The fraction of sp³-hybridized carbons (Fsp3) is 0.333. The minimum absolute atomic E-state index is 0.169. The molecule has 2 amide bonds. The molecule has 0 spiro atoms. The Balaban J connectivity index is 1.46. The first-order valence-electron chi connectivity index (χ1n) is 10.8. The van der Waals surface area contributed by atoms with E-state index in [1.807, 2.05) is 12.1 Å². The maximum Gasteiger partial charge on any atom is 0.316 e. The third kappa shape index (κ3) is 5.91. The van der Waals surface area contributed by atoms with Crippen molar-refractivity contribution in [1.29, 1.82) is 0 Å². The van der Waals surface area contributed by atoms with Crippen molar-refractivity contribution in [1.82, 2.24) is 10.3 Å². The third-order valence-corrected chi connectivity index (χ3v) is 7.66. The second kappa shape index (κ2) is 10.8. The van der Waals surface area contributed by atoms with Crippen molar-refractivity contribution in [2.24, 2.45) is 0 Å². The zero-order valence-electron chi connectivity index (χ0n) is 18.3. The molecular weight excluding hydrogens is 458 g/mol. The standard InChI is InChI=1S/C24H25N3O4S2/c1-31-21(28)14-32-24-27-19-12-11-16(13-20(19)33-24)26-23(30)18-10-6-5-9-17(18)22(29)25-15-7-3-2-4-8-15/h5-6,9-13,15H,2-4,7-8,14H2,1H3,(H,25,29)(H,26,30). The number of rotatable bonds is 7. The van der Waals surface area contributed by atoms with Gasteiger partial charge in [-0.15, -0.1) is 11.3 Å². The Morgan fingerprint density at radius 3 is 2.52 bits per heavy atom. The number of nitrogens with one attached hydrogen (secondary N) is 2. The number of nitrogens with zero attached hydrogens (tertiary/aromatic N) is 1. The van der Waals surface area contributed by atoms with Gasteiger partial charge in [0.2, 0.25) is 0 Å². The van der Waals surface area contributed by atoms with E-state index < -0.39 is 0 Å². The highest BCUT2D eigenvalue weighted by atomic mass is 32.2. The smallest absolute Gasteiger partial charge is 0.316 e. The molecule has 7 nitrogen and oxygen atoms in total. The maximum atomic E-state index is 13.0. The van der Waals surface area contributed by atoms with Gasteiger partial charge in [0.25, 0.3) is 11.8 Å². The molecule has 0 unspecified atom stereocenters. The minimum atomic E-state index is -0.339. The second-order valence-electron chi connectivity index (χ2n) is 7.84.